The van der Waals surface area contributed by atoms with Crippen LogP contribution >= 0.6 is 15.6 Å². The summed E-state index contributed by atoms with van der Waals surface area (Å²) in [5, 5.41) is 0. The molecule has 0 aromatic carbocycles. The van der Waals surface area contributed by atoms with Crippen molar-refractivity contribution >= 4 is 32.6 Å². The molecule has 0 aliphatic carbocycles. The number of anilines is 1. The third-order valence-corrected chi connectivity index (χ3v) is 6.13. The second kappa shape index (κ2) is 8.72. The minimum absolute atomic E-state index is 0.0518. The molecule has 1 saturated heterocycles. The van der Waals surface area contributed by atoms with Gasteiger partial charge in [0.25, 0.3) is 0 Å². The highest BCUT2D eigenvalue weighted by molar-refractivity contribution is 7.47. The maximum absolute atomic E-state index is 12.1. The van der Waals surface area contributed by atoms with Gasteiger partial charge in [-0.2, -0.15) is 0 Å². The fourth-order valence-electron chi connectivity index (χ4n) is 2.80. The molecule has 3 rings (SSSR count). The van der Waals surface area contributed by atoms with Crippen molar-refractivity contribution in [3.63, 3.8) is 0 Å². The summed E-state index contributed by atoms with van der Waals surface area (Å²) in [7, 11) is -7.67. The first-order valence-corrected chi connectivity index (χ1v) is 11.4. The van der Waals surface area contributed by atoms with E-state index in [0.29, 0.717) is 11.2 Å². The predicted octanol–water partition coefficient (Wildman–Crippen LogP) is 0.982. The van der Waals surface area contributed by atoms with Gasteiger partial charge in [-0.1, -0.05) is 0 Å². The maximum Gasteiger partial charge on any atom is 0.472 e. The second-order valence-electron chi connectivity index (χ2n) is 5.92. The van der Waals surface area contributed by atoms with Crippen LogP contribution < -0.4 is 5.73 Å². The fourth-order valence-corrected chi connectivity index (χ4v) is 4.19. The first-order valence-electron chi connectivity index (χ1n) is 8.43. The van der Waals surface area contributed by atoms with Crippen molar-refractivity contribution in [3.8, 4) is 0 Å². The second-order valence-corrected chi connectivity index (χ2v) is 8.89. The molecule has 3 heterocycles. The van der Waals surface area contributed by atoms with E-state index in [2.05, 4.69) is 19.5 Å². The molecule has 1 aliphatic heterocycles. The number of nitrogens with two attached hydrogens (primary N) is 1. The highest BCUT2D eigenvalue weighted by Gasteiger charge is 2.43. The molecule has 1 fully saturated rings. The highest BCUT2D eigenvalue weighted by Crippen LogP contribution is 2.49. The first kappa shape index (κ1) is 22.2. The van der Waals surface area contributed by atoms with Crippen molar-refractivity contribution in [1.82, 2.24) is 19.5 Å². The lowest BCUT2D eigenvalue weighted by Crippen LogP contribution is -2.28. The average molecular weight is 453 g/mol. The molecular weight excluding hydrogens is 432 g/mol. The molecule has 29 heavy (non-hydrogen) atoms. The van der Waals surface area contributed by atoms with Crippen molar-refractivity contribution in [1.29, 1.82) is 0 Å². The van der Waals surface area contributed by atoms with Gasteiger partial charge in [0.1, 0.15) is 30.3 Å². The van der Waals surface area contributed by atoms with Crippen LogP contribution in [-0.2, 0) is 32.0 Å². The fraction of sp³-hybridized carbons (Fsp3) is 0.615. The van der Waals surface area contributed by atoms with E-state index in [0.717, 1.165) is 7.11 Å². The Bertz CT molecular complexity index is 956. The lowest BCUT2D eigenvalue weighted by molar-refractivity contribution is -0.0435. The summed E-state index contributed by atoms with van der Waals surface area (Å²) in [4.78, 5) is 31.4. The minimum atomic E-state index is -4.38. The summed E-state index contributed by atoms with van der Waals surface area (Å²) in [6, 6.07) is 0. The molecule has 0 saturated carbocycles. The number of phosphoric ester groups is 2. The molecule has 162 valence electrons. The smallest absolute Gasteiger partial charge is 0.382 e. The Morgan fingerprint density at radius 1 is 1.28 bits per heavy atom. The largest absolute Gasteiger partial charge is 0.472 e. The summed E-state index contributed by atoms with van der Waals surface area (Å²) in [5.41, 5.74) is 6.51. The number of aromatic nitrogens is 4. The Morgan fingerprint density at radius 3 is 2.72 bits per heavy atom. The topological polar surface area (TPSA) is 190 Å². The third kappa shape index (κ3) is 5.18. The Morgan fingerprint density at radius 2 is 2.03 bits per heavy atom. The van der Waals surface area contributed by atoms with Gasteiger partial charge in [0, 0.05) is 13.5 Å². The molecule has 16 heteroatoms. The lowest BCUT2D eigenvalue weighted by Gasteiger charge is -2.21. The number of hydrogen-bond acceptors (Lipinski definition) is 11. The van der Waals surface area contributed by atoms with Crippen LogP contribution in [0.25, 0.3) is 11.2 Å². The monoisotopic (exact) mass is 453 g/mol. The number of ether oxygens (including phenoxy) is 1. The summed E-state index contributed by atoms with van der Waals surface area (Å²) in [5.74, 6) is 0.178. The molecule has 0 radical (unpaired) electrons. The van der Waals surface area contributed by atoms with Crippen LogP contribution in [-0.4, -0.2) is 61.8 Å². The van der Waals surface area contributed by atoms with Gasteiger partial charge in [0.2, 0.25) is 0 Å². The number of phosphoric acid groups is 2. The van der Waals surface area contributed by atoms with Crippen molar-refractivity contribution in [3.05, 3.63) is 12.7 Å². The first-order chi connectivity index (χ1) is 13.7. The van der Waals surface area contributed by atoms with Crippen LogP contribution in [0.4, 0.5) is 5.82 Å². The summed E-state index contributed by atoms with van der Waals surface area (Å²) >= 11 is 0. The number of fused-ring (bicyclic) bond motifs is 1. The standard InChI is InChI=1S/C13H21N5O9P2/c1-3-24-29(21,22)27-8-4-10(26-9(8)5-25-28(19,20)23-2)18-7-17-11-12(14)15-6-16-13(11)18/h6-10H,3-5H2,1-2H3,(H,19,20)(H,21,22)(H2,14,15,16)/t8-,9+,10+/m0/s1. The number of hydrogen-bond donors (Lipinski definition) is 3. The van der Waals surface area contributed by atoms with Crippen LogP contribution in [0.15, 0.2) is 12.7 Å². The highest BCUT2D eigenvalue weighted by atomic mass is 31.2. The van der Waals surface area contributed by atoms with Crippen molar-refractivity contribution in [2.45, 2.75) is 31.8 Å². The van der Waals surface area contributed by atoms with Crippen molar-refractivity contribution < 1.29 is 41.7 Å². The Kier molecular flexibility index (Phi) is 6.68. The summed E-state index contributed by atoms with van der Waals surface area (Å²) in [6.07, 6.45) is 0.0217. The third-order valence-electron chi connectivity index (χ3n) is 4.07. The zero-order valence-electron chi connectivity index (χ0n) is 15.5. The molecular formula is C13H21N5O9P2. The van der Waals surface area contributed by atoms with Gasteiger partial charge in [0.15, 0.2) is 11.5 Å². The lowest BCUT2D eigenvalue weighted by atomic mass is 10.2. The van der Waals surface area contributed by atoms with E-state index >= 15 is 0 Å². The van der Waals surface area contributed by atoms with E-state index in [4.69, 9.17) is 24.0 Å². The molecule has 1 aliphatic rings. The molecule has 0 amide bonds. The molecule has 2 unspecified atom stereocenters. The average Bonchev–Trinajstić information content (AvgIpc) is 3.24. The molecule has 5 atom stereocenters. The van der Waals surface area contributed by atoms with Gasteiger partial charge in [-0.25, -0.2) is 24.1 Å². The normalized spacial score (nSPS) is 26.4. The van der Waals surface area contributed by atoms with Gasteiger partial charge < -0.3 is 20.3 Å². The van der Waals surface area contributed by atoms with Gasteiger partial charge in [-0.15, -0.1) is 0 Å². The van der Waals surface area contributed by atoms with Gasteiger partial charge in [-0.3, -0.25) is 22.7 Å². The van der Waals surface area contributed by atoms with E-state index in [1.807, 2.05) is 0 Å². The van der Waals surface area contributed by atoms with Crippen LogP contribution in [0, 0.1) is 0 Å². The van der Waals surface area contributed by atoms with E-state index in [1.165, 1.54) is 19.6 Å². The number of nitrogens with zero attached hydrogens (tertiary/aromatic N) is 4. The quantitative estimate of drug-likeness (QED) is 0.456. The zero-order chi connectivity index (χ0) is 21.2. The Balaban J connectivity index is 1.84. The van der Waals surface area contributed by atoms with E-state index < -0.39 is 40.7 Å². The van der Waals surface area contributed by atoms with E-state index in [9.17, 15) is 18.9 Å². The van der Waals surface area contributed by atoms with Gasteiger partial charge in [0.05, 0.1) is 19.5 Å². The molecule has 0 bridgehead atoms. The summed E-state index contributed by atoms with van der Waals surface area (Å²) in [6.45, 7) is 1.03. The van der Waals surface area contributed by atoms with Crippen LogP contribution in [0.3, 0.4) is 0 Å². The Hall–Kier alpha value is -1.47. The number of rotatable bonds is 9. The number of nitrogen functional groups attached to an aromatic ring is 1. The molecule has 2 aromatic rings. The molecule has 2 aromatic heterocycles. The van der Waals surface area contributed by atoms with Crippen molar-refractivity contribution in [2.24, 2.45) is 0 Å². The van der Waals surface area contributed by atoms with Crippen molar-refractivity contribution in [2.75, 3.05) is 26.1 Å². The van der Waals surface area contributed by atoms with E-state index in [1.54, 1.807) is 4.57 Å². The molecule has 4 N–H and O–H groups in total. The minimum Gasteiger partial charge on any atom is -0.382 e. The predicted molar refractivity (Wildman–Crippen MR) is 97.4 cm³/mol. The zero-order valence-corrected chi connectivity index (χ0v) is 17.3. The van der Waals surface area contributed by atoms with Crippen LogP contribution in [0.5, 0.6) is 0 Å². The van der Waals surface area contributed by atoms with Crippen LogP contribution in [0.1, 0.15) is 19.6 Å². The molecule has 0 spiro atoms. The van der Waals surface area contributed by atoms with Gasteiger partial charge in [-0.05, 0) is 6.92 Å². The SMILES string of the molecule is CCOP(=O)(O)O[C@H]1C[C@H](n2cnc3c(N)ncnc32)O[C@@H]1COP(=O)(O)OC. The Labute approximate surface area is 165 Å². The van der Waals surface area contributed by atoms with Crippen LogP contribution in [0.2, 0.25) is 0 Å². The number of imidazole rings is 1. The summed E-state index contributed by atoms with van der Waals surface area (Å²) < 4.78 is 50.1. The molecule has 14 nitrogen and oxygen atoms in total. The maximum atomic E-state index is 12.1. The van der Waals surface area contributed by atoms with Gasteiger partial charge >= 0.3 is 15.6 Å². The van der Waals surface area contributed by atoms with E-state index in [-0.39, 0.29) is 18.8 Å².